The van der Waals surface area contributed by atoms with Crippen LogP contribution in [0.15, 0.2) is 28.9 Å². The number of aryl methyl sites for hydroxylation is 1. The van der Waals surface area contributed by atoms with E-state index in [-0.39, 0.29) is 0 Å². The number of rotatable bonds is 5. The van der Waals surface area contributed by atoms with Crippen LogP contribution < -0.4 is 0 Å². The molecule has 0 radical (unpaired) electrons. The molecule has 0 spiro atoms. The maximum absolute atomic E-state index is 11.1. The number of hydrogen-bond donors (Lipinski definition) is 0. The highest BCUT2D eigenvalue weighted by Gasteiger charge is 2.10. The molecule has 1 heterocycles. The van der Waals surface area contributed by atoms with Gasteiger partial charge in [0.05, 0.1) is 0 Å². The molecule has 3 nitrogen and oxygen atoms in total. The van der Waals surface area contributed by atoms with E-state index in [1.165, 1.54) is 0 Å². The largest absolute Gasteiger partial charge is 0.385 e. The van der Waals surface area contributed by atoms with Crippen molar-refractivity contribution in [2.24, 2.45) is 0 Å². The van der Waals surface area contributed by atoms with Crippen LogP contribution in [0.1, 0.15) is 16.8 Å². The van der Waals surface area contributed by atoms with E-state index in [2.05, 4.69) is 20.5 Å². The Balaban J connectivity index is 2.43. The van der Waals surface area contributed by atoms with Crippen molar-refractivity contribution in [3.8, 4) is 0 Å². The van der Waals surface area contributed by atoms with Gasteiger partial charge in [-0.2, -0.15) is 0 Å². The zero-order valence-corrected chi connectivity index (χ0v) is 11.2. The van der Waals surface area contributed by atoms with Crippen molar-refractivity contribution in [1.29, 1.82) is 0 Å². The number of aldehydes is 1. The average Bonchev–Trinajstić information content (AvgIpc) is 2.70. The predicted molar refractivity (Wildman–Crippen MR) is 71.5 cm³/mol. The molecule has 0 saturated heterocycles. The fourth-order valence-electron chi connectivity index (χ4n) is 1.99. The van der Waals surface area contributed by atoms with Crippen molar-refractivity contribution in [2.45, 2.75) is 13.0 Å². The topological polar surface area (TPSA) is 31.2 Å². The van der Waals surface area contributed by atoms with Gasteiger partial charge in [0, 0.05) is 47.4 Å². The molecular formula is C13H14BrNO2. The van der Waals surface area contributed by atoms with Crippen LogP contribution in [-0.4, -0.2) is 24.6 Å². The van der Waals surface area contributed by atoms with E-state index in [4.69, 9.17) is 4.74 Å². The molecule has 0 bridgehead atoms. The van der Waals surface area contributed by atoms with Crippen molar-refractivity contribution in [1.82, 2.24) is 4.57 Å². The molecule has 2 aromatic rings. The van der Waals surface area contributed by atoms with Gasteiger partial charge in [-0.05, 0) is 18.6 Å². The molecule has 2 rings (SSSR count). The number of benzene rings is 1. The van der Waals surface area contributed by atoms with Gasteiger partial charge in [0.25, 0.3) is 0 Å². The predicted octanol–water partition coefficient (Wildman–Crippen LogP) is 3.25. The standard InChI is InChI=1S/C13H14BrNO2/c1-17-7-3-6-15-8-10(9-16)13-11(14)4-2-5-12(13)15/h2,4-5,8-9H,3,6-7H2,1H3. The summed E-state index contributed by atoms with van der Waals surface area (Å²) >= 11 is 3.49. The Morgan fingerprint density at radius 1 is 1.47 bits per heavy atom. The third-order valence-corrected chi connectivity index (χ3v) is 3.42. The summed E-state index contributed by atoms with van der Waals surface area (Å²) in [5.41, 5.74) is 1.81. The van der Waals surface area contributed by atoms with E-state index in [1.54, 1.807) is 7.11 Å². The van der Waals surface area contributed by atoms with E-state index in [0.717, 1.165) is 46.8 Å². The van der Waals surface area contributed by atoms with E-state index in [1.807, 2.05) is 24.4 Å². The molecule has 0 aliphatic carbocycles. The van der Waals surface area contributed by atoms with Crippen molar-refractivity contribution in [3.63, 3.8) is 0 Å². The molecule has 0 fully saturated rings. The van der Waals surface area contributed by atoms with Crippen LogP contribution in [0, 0.1) is 0 Å². The number of halogens is 1. The van der Waals surface area contributed by atoms with Crippen molar-refractivity contribution >= 4 is 33.1 Å². The number of nitrogens with zero attached hydrogens (tertiary/aromatic N) is 1. The van der Waals surface area contributed by atoms with E-state index >= 15 is 0 Å². The first kappa shape index (κ1) is 12.3. The maximum atomic E-state index is 11.1. The van der Waals surface area contributed by atoms with Crippen LogP contribution in [0.2, 0.25) is 0 Å². The summed E-state index contributed by atoms with van der Waals surface area (Å²) in [7, 11) is 1.70. The molecule has 17 heavy (non-hydrogen) atoms. The number of carbonyl (C=O) groups is 1. The molecule has 0 atom stereocenters. The second-order valence-electron chi connectivity index (χ2n) is 3.88. The second-order valence-corrected chi connectivity index (χ2v) is 4.73. The Hall–Kier alpha value is -1.13. The maximum Gasteiger partial charge on any atom is 0.152 e. The Labute approximate surface area is 108 Å². The normalized spacial score (nSPS) is 10.9. The lowest BCUT2D eigenvalue weighted by molar-refractivity contribution is 0.112. The molecule has 0 N–H and O–H groups in total. The van der Waals surface area contributed by atoms with Gasteiger partial charge >= 0.3 is 0 Å². The number of hydrogen-bond acceptors (Lipinski definition) is 2. The minimum absolute atomic E-state index is 0.726. The van der Waals surface area contributed by atoms with Crippen molar-refractivity contribution < 1.29 is 9.53 Å². The summed E-state index contributed by atoms with van der Waals surface area (Å²) in [6, 6.07) is 5.96. The van der Waals surface area contributed by atoms with Crippen LogP contribution in [0.3, 0.4) is 0 Å². The number of carbonyl (C=O) groups excluding carboxylic acids is 1. The minimum Gasteiger partial charge on any atom is -0.385 e. The highest BCUT2D eigenvalue weighted by atomic mass is 79.9. The Morgan fingerprint density at radius 3 is 3.00 bits per heavy atom. The molecule has 0 aliphatic rings. The summed E-state index contributed by atoms with van der Waals surface area (Å²) in [5, 5.41) is 0.986. The first-order chi connectivity index (χ1) is 8.27. The average molecular weight is 296 g/mol. The van der Waals surface area contributed by atoms with Crippen molar-refractivity contribution in [3.05, 3.63) is 34.4 Å². The van der Waals surface area contributed by atoms with Crippen LogP contribution in [0.4, 0.5) is 0 Å². The smallest absolute Gasteiger partial charge is 0.152 e. The molecule has 90 valence electrons. The first-order valence-electron chi connectivity index (χ1n) is 5.49. The molecule has 0 unspecified atom stereocenters. The molecule has 0 amide bonds. The molecule has 1 aromatic carbocycles. The summed E-state index contributed by atoms with van der Waals surface area (Å²) in [5.74, 6) is 0. The molecule has 4 heteroatoms. The Kier molecular flexibility index (Phi) is 3.97. The number of aromatic nitrogens is 1. The van der Waals surface area contributed by atoms with Crippen LogP contribution in [0.5, 0.6) is 0 Å². The lowest BCUT2D eigenvalue weighted by Gasteiger charge is -2.04. The van der Waals surface area contributed by atoms with Crippen LogP contribution in [-0.2, 0) is 11.3 Å². The minimum atomic E-state index is 0.726. The van der Waals surface area contributed by atoms with Gasteiger partial charge in [-0.1, -0.05) is 22.0 Å². The fourth-order valence-corrected chi connectivity index (χ4v) is 2.58. The van der Waals surface area contributed by atoms with Gasteiger partial charge in [0.15, 0.2) is 6.29 Å². The molecular weight excluding hydrogens is 282 g/mol. The number of fused-ring (bicyclic) bond motifs is 1. The van der Waals surface area contributed by atoms with Gasteiger partial charge in [0.2, 0.25) is 0 Å². The molecule has 0 saturated carbocycles. The first-order valence-corrected chi connectivity index (χ1v) is 6.28. The quantitative estimate of drug-likeness (QED) is 0.626. The SMILES string of the molecule is COCCCn1cc(C=O)c2c(Br)cccc21. The summed E-state index contributed by atoms with van der Waals surface area (Å²) in [6.45, 7) is 1.58. The monoisotopic (exact) mass is 295 g/mol. The van der Waals surface area contributed by atoms with Gasteiger partial charge < -0.3 is 9.30 Å². The highest BCUT2D eigenvalue weighted by molar-refractivity contribution is 9.10. The third-order valence-electron chi connectivity index (χ3n) is 2.76. The zero-order chi connectivity index (χ0) is 12.3. The van der Waals surface area contributed by atoms with Gasteiger partial charge in [0.1, 0.15) is 0 Å². The van der Waals surface area contributed by atoms with Crippen LogP contribution in [0.25, 0.3) is 10.9 Å². The fraction of sp³-hybridized carbons (Fsp3) is 0.308. The number of methoxy groups -OCH3 is 1. The summed E-state index contributed by atoms with van der Waals surface area (Å²) < 4.78 is 8.10. The van der Waals surface area contributed by atoms with E-state index in [9.17, 15) is 4.79 Å². The van der Waals surface area contributed by atoms with Gasteiger partial charge in [-0.3, -0.25) is 4.79 Å². The summed E-state index contributed by atoms with van der Waals surface area (Å²) in [4.78, 5) is 11.1. The van der Waals surface area contributed by atoms with E-state index in [0.29, 0.717) is 0 Å². The summed E-state index contributed by atoms with van der Waals surface area (Å²) in [6.07, 6.45) is 3.74. The lowest BCUT2D eigenvalue weighted by Crippen LogP contribution is -1.99. The molecule has 0 aliphatic heterocycles. The van der Waals surface area contributed by atoms with Crippen molar-refractivity contribution in [2.75, 3.05) is 13.7 Å². The zero-order valence-electron chi connectivity index (χ0n) is 9.65. The van der Waals surface area contributed by atoms with Gasteiger partial charge in [-0.15, -0.1) is 0 Å². The van der Waals surface area contributed by atoms with Crippen LogP contribution >= 0.6 is 15.9 Å². The molecule has 1 aromatic heterocycles. The Bertz CT molecular complexity index is 533. The number of ether oxygens (including phenoxy) is 1. The third kappa shape index (κ3) is 2.42. The second kappa shape index (κ2) is 5.47. The van der Waals surface area contributed by atoms with Gasteiger partial charge in [-0.25, -0.2) is 0 Å². The Morgan fingerprint density at radius 2 is 2.29 bits per heavy atom. The van der Waals surface area contributed by atoms with E-state index < -0.39 is 0 Å². The lowest BCUT2D eigenvalue weighted by atomic mass is 10.2. The highest BCUT2D eigenvalue weighted by Crippen LogP contribution is 2.28.